The zero-order valence-electron chi connectivity index (χ0n) is 10.5. The molecular weight excluding hydrogens is 220 g/mol. The summed E-state index contributed by atoms with van der Waals surface area (Å²) in [7, 11) is 0. The quantitative estimate of drug-likeness (QED) is 0.658. The second-order valence-electron chi connectivity index (χ2n) is 4.78. The van der Waals surface area contributed by atoms with E-state index in [0.717, 1.165) is 25.7 Å². The SMILES string of the molecule is CC(=O)NC(C)C(=O)NCC1CCCCC1O. The summed E-state index contributed by atoms with van der Waals surface area (Å²) in [6.07, 6.45) is 3.64. The number of aliphatic hydroxyl groups is 1. The molecule has 0 aromatic carbocycles. The van der Waals surface area contributed by atoms with Crippen LogP contribution in [0.15, 0.2) is 0 Å². The van der Waals surface area contributed by atoms with E-state index >= 15 is 0 Å². The van der Waals surface area contributed by atoms with E-state index in [0.29, 0.717) is 6.54 Å². The van der Waals surface area contributed by atoms with Gasteiger partial charge in [-0.25, -0.2) is 0 Å². The number of nitrogens with one attached hydrogen (secondary N) is 2. The van der Waals surface area contributed by atoms with E-state index in [1.165, 1.54) is 6.92 Å². The van der Waals surface area contributed by atoms with E-state index in [2.05, 4.69) is 10.6 Å². The molecule has 1 aliphatic carbocycles. The van der Waals surface area contributed by atoms with Gasteiger partial charge in [0.25, 0.3) is 0 Å². The Morgan fingerprint density at radius 3 is 2.59 bits per heavy atom. The lowest BCUT2D eigenvalue weighted by Gasteiger charge is -2.28. The Kier molecular flexibility index (Phi) is 5.41. The molecule has 1 fully saturated rings. The van der Waals surface area contributed by atoms with Crippen LogP contribution in [0.5, 0.6) is 0 Å². The van der Waals surface area contributed by atoms with Gasteiger partial charge in [0.05, 0.1) is 6.10 Å². The molecule has 0 saturated heterocycles. The second kappa shape index (κ2) is 6.59. The van der Waals surface area contributed by atoms with Gasteiger partial charge in [0.1, 0.15) is 6.04 Å². The molecule has 3 atom stereocenters. The highest BCUT2D eigenvalue weighted by Crippen LogP contribution is 2.23. The van der Waals surface area contributed by atoms with Gasteiger partial charge in [-0.3, -0.25) is 9.59 Å². The summed E-state index contributed by atoms with van der Waals surface area (Å²) < 4.78 is 0. The first kappa shape index (κ1) is 14.0. The predicted octanol–water partition coefficient (Wildman–Crippen LogP) is 0.178. The van der Waals surface area contributed by atoms with Crippen LogP contribution in [0.25, 0.3) is 0 Å². The third kappa shape index (κ3) is 4.73. The highest BCUT2D eigenvalue weighted by Gasteiger charge is 2.24. The van der Waals surface area contributed by atoms with Gasteiger partial charge in [-0.15, -0.1) is 0 Å². The number of amides is 2. The van der Waals surface area contributed by atoms with Crippen molar-refractivity contribution in [3.8, 4) is 0 Å². The highest BCUT2D eigenvalue weighted by atomic mass is 16.3. The molecule has 3 N–H and O–H groups in total. The van der Waals surface area contributed by atoms with Crippen molar-refractivity contribution in [1.82, 2.24) is 10.6 Å². The molecule has 5 nitrogen and oxygen atoms in total. The second-order valence-corrected chi connectivity index (χ2v) is 4.78. The average molecular weight is 242 g/mol. The Bertz CT molecular complexity index is 281. The van der Waals surface area contributed by atoms with Gasteiger partial charge in [-0.05, 0) is 19.8 Å². The summed E-state index contributed by atoms with van der Waals surface area (Å²) in [4.78, 5) is 22.4. The van der Waals surface area contributed by atoms with Crippen LogP contribution < -0.4 is 10.6 Å². The molecule has 0 radical (unpaired) electrons. The molecule has 1 rings (SSSR count). The van der Waals surface area contributed by atoms with Gasteiger partial charge in [0.15, 0.2) is 0 Å². The van der Waals surface area contributed by atoms with Crippen molar-refractivity contribution in [3.63, 3.8) is 0 Å². The predicted molar refractivity (Wildman–Crippen MR) is 64.3 cm³/mol. The molecule has 98 valence electrons. The summed E-state index contributed by atoms with van der Waals surface area (Å²) in [5.41, 5.74) is 0. The van der Waals surface area contributed by atoms with Crippen molar-refractivity contribution < 1.29 is 14.7 Å². The molecular formula is C12H22N2O3. The van der Waals surface area contributed by atoms with E-state index in [-0.39, 0.29) is 23.8 Å². The van der Waals surface area contributed by atoms with Gasteiger partial charge in [0.2, 0.25) is 11.8 Å². The largest absolute Gasteiger partial charge is 0.393 e. The van der Waals surface area contributed by atoms with Gasteiger partial charge >= 0.3 is 0 Å². The van der Waals surface area contributed by atoms with Crippen LogP contribution in [0.2, 0.25) is 0 Å². The van der Waals surface area contributed by atoms with Crippen LogP contribution in [0.1, 0.15) is 39.5 Å². The minimum atomic E-state index is -0.520. The average Bonchev–Trinajstić information content (AvgIpc) is 2.26. The zero-order valence-corrected chi connectivity index (χ0v) is 10.5. The third-order valence-corrected chi connectivity index (χ3v) is 3.22. The van der Waals surface area contributed by atoms with Crippen molar-refractivity contribution in [2.75, 3.05) is 6.54 Å². The molecule has 0 aliphatic heterocycles. The van der Waals surface area contributed by atoms with Gasteiger partial charge in [-0.2, -0.15) is 0 Å². The van der Waals surface area contributed by atoms with Crippen LogP contribution in [-0.2, 0) is 9.59 Å². The van der Waals surface area contributed by atoms with E-state index in [4.69, 9.17) is 0 Å². The Labute approximate surface area is 102 Å². The lowest BCUT2D eigenvalue weighted by atomic mass is 9.86. The summed E-state index contributed by atoms with van der Waals surface area (Å²) in [6.45, 7) is 3.52. The molecule has 5 heteroatoms. The zero-order chi connectivity index (χ0) is 12.8. The van der Waals surface area contributed by atoms with Gasteiger partial charge in [0, 0.05) is 19.4 Å². The normalized spacial score (nSPS) is 26.1. The van der Waals surface area contributed by atoms with Crippen LogP contribution >= 0.6 is 0 Å². The molecule has 1 aliphatic rings. The van der Waals surface area contributed by atoms with Gasteiger partial charge < -0.3 is 15.7 Å². The maximum Gasteiger partial charge on any atom is 0.242 e. The molecule has 0 heterocycles. The van der Waals surface area contributed by atoms with Crippen molar-refractivity contribution >= 4 is 11.8 Å². The standard InChI is InChI=1S/C12H22N2O3/c1-8(14-9(2)15)12(17)13-7-10-5-3-4-6-11(10)16/h8,10-11,16H,3-7H2,1-2H3,(H,13,17)(H,14,15). The fourth-order valence-corrected chi connectivity index (χ4v) is 2.18. The molecule has 0 aromatic rings. The van der Waals surface area contributed by atoms with E-state index in [1.807, 2.05) is 0 Å². The monoisotopic (exact) mass is 242 g/mol. The minimum Gasteiger partial charge on any atom is -0.393 e. The summed E-state index contributed by atoms with van der Waals surface area (Å²) >= 11 is 0. The first-order valence-electron chi connectivity index (χ1n) is 6.23. The smallest absolute Gasteiger partial charge is 0.242 e. The van der Waals surface area contributed by atoms with Gasteiger partial charge in [-0.1, -0.05) is 12.8 Å². The van der Waals surface area contributed by atoms with E-state index in [1.54, 1.807) is 6.92 Å². The molecule has 0 aromatic heterocycles. The van der Waals surface area contributed by atoms with Crippen LogP contribution in [0.3, 0.4) is 0 Å². The summed E-state index contributed by atoms with van der Waals surface area (Å²) in [6, 6.07) is -0.520. The Balaban J connectivity index is 2.29. The molecule has 3 unspecified atom stereocenters. The first-order chi connectivity index (χ1) is 8.00. The van der Waals surface area contributed by atoms with Crippen LogP contribution in [0.4, 0.5) is 0 Å². The Morgan fingerprint density at radius 1 is 1.35 bits per heavy atom. The van der Waals surface area contributed by atoms with Crippen molar-refractivity contribution in [2.24, 2.45) is 5.92 Å². The van der Waals surface area contributed by atoms with Crippen molar-refractivity contribution in [1.29, 1.82) is 0 Å². The summed E-state index contributed by atoms with van der Waals surface area (Å²) in [5, 5.41) is 15.0. The van der Waals surface area contributed by atoms with Crippen LogP contribution in [0, 0.1) is 5.92 Å². The maximum atomic E-state index is 11.6. The fraction of sp³-hybridized carbons (Fsp3) is 0.833. The minimum absolute atomic E-state index is 0.150. The van der Waals surface area contributed by atoms with Crippen molar-refractivity contribution in [3.05, 3.63) is 0 Å². The lowest BCUT2D eigenvalue weighted by Crippen LogP contribution is -2.46. The Morgan fingerprint density at radius 2 is 2.00 bits per heavy atom. The molecule has 1 saturated carbocycles. The molecule has 0 spiro atoms. The lowest BCUT2D eigenvalue weighted by molar-refractivity contribution is -0.127. The maximum absolute atomic E-state index is 11.6. The Hall–Kier alpha value is -1.10. The van der Waals surface area contributed by atoms with E-state index in [9.17, 15) is 14.7 Å². The number of aliphatic hydroxyl groups excluding tert-OH is 1. The highest BCUT2D eigenvalue weighted by molar-refractivity contribution is 5.86. The number of carbonyl (C=O) groups excluding carboxylic acids is 2. The molecule has 17 heavy (non-hydrogen) atoms. The fourth-order valence-electron chi connectivity index (χ4n) is 2.18. The summed E-state index contributed by atoms with van der Waals surface area (Å²) in [5.74, 6) is -0.263. The number of hydrogen-bond acceptors (Lipinski definition) is 3. The number of carbonyl (C=O) groups is 2. The van der Waals surface area contributed by atoms with Crippen molar-refractivity contribution in [2.45, 2.75) is 51.7 Å². The number of rotatable bonds is 4. The number of hydrogen-bond donors (Lipinski definition) is 3. The van der Waals surface area contributed by atoms with E-state index < -0.39 is 6.04 Å². The van der Waals surface area contributed by atoms with Crippen LogP contribution in [-0.4, -0.2) is 35.6 Å². The third-order valence-electron chi connectivity index (χ3n) is 3.22. The molecule has 0 bridgehead atoms. The topological polar surface area (TPSA) is 78.4 Å². The molecule has 2 amide bonds. The first-order valence-corrected chi connectivity index (χ1v) is 6.23.